The van der Waals surface area contributed by atoms with Crippen LogP contribution in [0.15, 0.2) is 42.6 Å². The van der Waals surface area contributed by atoms with Crippen LogP contribution in [0.25, 0.3) is 5.65 Å². The number of esters is 1. The molecule has 0 bridgehead atoms. The summed E-state index contributed by atoms with van der Waals surface area (Å²) in [5, 5.41) is 10.5. The molecule has 0 aliphatic carbocycles. The van der Waals surface area contributed by atoms with E-state index in [4.69, 9.17) is 4.74 Å². The molecule has 3 rings (SSSR count). The van der Waals surface area contributed by atoms with Crippen molar-refractivity contribution in [2.75, 3.05) is 25.0 Å². The van der Waals surface area contributed by atoms with Gasteiger partial charge >= 0.3 is 5.97 Å². The van der Waals surface area contributed by atoms with Crippen molar-refractivity contribution in [3.05, 3.63) is 59.5 Å². The lowest BCUT2D eigenvalue weighted by molar-refractivity contribution is -0.119. The van der Waals surface area contributed by atoms with Gasteiger partial charge < -0.3 is 15.0 Å². The minimum atomic E-state index is -0.634. The van der Waals surface area contributed by atoms with Gasteiger partial charge in [0, 0.05) is 30.5 Å². The monoisotopic (exact) mass is 409 g/mol. The first-order chi connectivity index (χ1) is 14.4. The van der Waals surface area contributed by atoms with Crippen molar-refractivity contribution in [1.29, 1.82) is 0 Å². The van der Waals surface area contributed by atoms with Gasteiger partial charge in [-0.05, 0) is 51.1 Å². The molecule has 9 heteroatoms. The Morgan fingerprint density at radius 2 is 1.83 bits per heavy atom. The third-order valence-corrected chi connectivity index (χ3v) is 4.59. The number of aryl methyl sites for hydroxylation is 1. The zero-order valence-corrected chi connectivity index (χ0v) is 17.1. The first-order valence-electron chi connectivity index (χ1n) is 9.60. The van der Waals surface area contributed by atoms with Gasteiger partial charge in [-0.3, -0.25) is 14.0 Å². The third kappa shape index (κ3) is 4.62. The number of pyridine rings is 1. The zero-order chi connectivity index (χ0) is 21.7. The van der Waals surface area contributed by atoms with Crippen molar-refractivity contribution in [2.24, 2.45) is 0 Å². The molecule has 0 aliphatic rings. The lowest BCUT2D eigenvalue weighted by Gasteiger charge is -2.19. The summed E-state index contributed by atoms with van der Waals surface area (Å²) in [6.45, 7) is 6.33. The number of hydrogen-bond acceptors (Lipinski definition) is 6. The molecule has 0 fully saturated rings. The number of rotatable bonds is 7. The van der Waals surface area contributed by atoms with Crippen molar-refractivity contribution < 1.29 is 19.1 Å². The Kier molecular flexibility index (Phi) is 6.41. The number of carbonyl (C=O) groups excluding carboxylic acids is 3. The number of anilines is 1. The molecule has 0 saturated carbocycles. The lowest BCUT2D eigenvalue weighted by Crippen LogP contribution is -2.30. The summed E-state index contributed by atoms with van der Waals surface area (Å²) in [7, 11) is 0. The Bertz CT molecular complexity index is 1090. The van der Waals surface area contributed by atoms with Crippen LogP contribution in [-0.2, 0) is 9.53 Å². The van der Waals surface area contributed by atoms with Gasteiger partial charge in [-0.2, -0.15) is 0 Å². The summed E-state index contributed by atoms with van der Waals surface area (Å²) in [6.07, 6.45) is 1.56. The van der Waals surface area contributed by atoms with Crippen molar-refractivity contribution in [2.45, 2.75) is 20.8 Å². The average Bonchev–Trinajstić information content (AvgIpc) is 3.13. The van der Waals surface area contributed by atoms with Crippen LogP contribution in [0.1, 0.15) is 40.4 Å². The molecule has 0 unspecified atom stereocenters. The molecular formula is C21H23N5O4. The highest BCUT2D eigenvalue weighted by molar-refractivity contribution is 5.98. The number of hydrogen-bond donors (Lipinski definition) is 1. The van der Waals surface area contributed by atoms with E-state index >= 15 is 0 Å². The van der Waals surface area contributed by atoms with Crippen LogP contribution < -0.4 is 5.32 Å². The van der Waals surface area contributed by atoms with Crippen LogP contribution in [0.5, 0.6) is 0 Å². The highest BCUT2D eigenvalue weighted by atomic mass is 16.5. The van der Waals surface area contributed by atoms with Gasteiger partial charge in [-0.15, -0.1) is 10.2 Å². The molecule has 0 saturated heterocycles. The van der Waals surface area contributed by atoms with Gasteiger partial charge in [0.2, 0.25) is 0 Å². The average molecular weight is 409 g/mol. The van der Waals surface area contributed by atoms with E-state index < -0.39 is 18.5 Å². The fraction of sp³-hybridized carbons (Fsp3) is 0.286. The van der Waals surface area contributed by atoms with Crippen molar-refractivity contribution in [3.63, 3.8) is 0 Å². The molecule has 2 heterocycles. The Morgan fingerprint density at radius 3 is 2.57 bits per heavy atom. The second-order valence-corrected chi connectivity index (χ2v) is 6.58. The fourth-order valence-corrected chi connectivity index (χ4v) is 2.96. The van der Waals surface area contributed by atoms with E-state index in [1.807, 2.05) is 13.8 Å². The molecule has 30 heavy (non-hydrogen) atoms. The van der Waals surface area contributed by atoms with E-state index in [0.717, 1.165) is 0 Å². The molecule has 1 N–H and O–H groups in total. The predicted molar refractivity (Wildman–Crippen MR) is 110 cm³/mol. The van der Waals surface area contributed by atoms with Crippen LogP contribution in [-0.4, -0.2) is 57.0 Å². The lowest BCUT2D eigenvalue weighted by atomic mass is 10.1. The number of ether oxygens (including phenoxy) is 1. The van der Waals surface area contributed by atoms with Gasteiger partial charge in [0.1, 0.15) is 5.82 Å². The second kappa shape index (κ2) is 9.17. The molecule has 0 radical (unpaired) electrons. The Labute approximate surface area is 173 Å². The van der Waals surface area contributed by atoms with E-state index in [0.29, 0.717) is 35.8 Å². The van der Waals surface area contributed by atoms with Crippen LogP contribution in [0, 0.1) is 6.92 Å². The molecule has 0 atom stereocenters. The number of nitrogens with zero attached hydrogens (tertiary/aromatic N) is 4. The largest absolute Gasteiger partial charge is 0.452 e. The Balaban J connectivity index is 1.60. The predicted octanol–water partition coefficient (Wildman–Crippen LogP) is 2.32. The van der Waals surface area contributed by atoms with Gasteiger partial charge in [0.05, 0.1) is 5.56 Å². The third-order valence-electron chi connectivity index (χ3n) is 4.59. The van der Waals surface area contributed by atoms with E-state index in [2.05, 4.69) is 15.5 Å². The molecule has 9 nitrogen and oxygen atoms in total. The van der Waals surface area contributed by atoms with Gasteiger partial charge in [0.25, 0.3) is 11.8 Å². The maximum Gasteiger partial charge on any atom is 0.340 e. The highest BCUT2D eigenvalue weighted by Gasteiger charge is 2.15. The van der Waals surface area contributed by atoms with E-state index in [1.54, 1.807) is 58.8 Å². The van der Waals surface area contributed by atoms with Crippen molar-refractivity contribution in [3.8, 4) is 0 Å². The topological polar surface area (TPSA) is 106 Å². The van der Waals surface area contributed by atoms with Crippen LogP contribution in [0.3, 0.4) is 0 Å². The molecular weight excluding hydrogens is 386 g/mol. The summed E-state index contributed by atoms with van der Waals surface area (Å²) >= 11 is 0. The number of fused-ring (bicyclic) bond motifs is 1. The van der Waals surface area contributed by atoms with E-state index in [9.17, 15) is 14.4 Å². The highest BCUT2D eigenvalue weighted by Crippen LogP contribution is 2.13. The Hall–Kier alpha value is -3.75. The maximum atomic E-state index is 12.4. The normalized spacial score (nSPS) is 10.6. The van der Waals surface area contributed by atoms with Gasteiger partial charge in [-0.1, -0.05) is 6.07 Å². The van der Waals surface area contributed by atoms with Crippen molar-refractivity contribution in [1.82, 2.24) is 19.5 Å². The SMILES string of the molecule is CCN(CC)C(=O)c1cccc(NC(=O)COC(=O)c2ccc3nnc(C)n3c2)c1. The molecule has 2 amide bonds. The first-order valence-corrected chi connectivity index (χ1v) is 9.60. The number of nitrogens with one attached hydrogen (secondary N) is 1. The van der Waals surface area contributed by atoms with Crippen LogP contribution >= 0.6 is 0 Å². The van der Waals surface area contributed by atoms with Gasteiger partial charge in [0.15, 0.2) is 12.3 Å². The first kappa shape index (κ1) is 21.0. The maximum absolute atomic E-state index is 12.4. The summed E-state index contributed by atoms with van der Waals surface area (Å²) in [6, 6.07) is 9.86. The second-order valence-electron chi connectivity index (χ2n) is 6.58. The van der Waals surface area contributed by atoms with Crippen LogP contribution in [0.4, 0.5) is 5.69 Å². The molecule has 0 spiro atoms. The molecule has 3 aromatic rings. The fourth-order valence-electron chi connectivity index (χ4n) is 2.96. The Morgan fingerprint density at radius 1 is 1.07 bits per heavy atom. The summed E-state index contributed by atoms with van der Waals surface area (Å²) in [5.41, 5.74) is 1.83. The van der Waals surface area contributed by atoms with Crippen LogP contribution in [0.2, 0.25) is 0 Å². The summed E-state index contributed by atoms with van der Waals surface area (Å²) in [4.78, 5) is 38.6. The standard InChI is InChI=1S/C21H23N5O4/c1-4-25(5-2)20(28)15-7-6-8-17(11-15)22-19(27)13-30-21(29)16-9-10-18-24-23-14(3)26(18)12-16/h6-12H,4-5,13H2,1-3H3,(H,22,27). The number of benzene rings is 1. The van der Waals surface area contributed by atoms with Gasteiger partial charge in [-0.25, -0.2) is 4.79 Å². The number of amides is 2. The number of aromatic nitrogens is 3. The van der Waals surface area contributed by atoms with E-state index in [1.165, 1.54) is 0 Å². The summed E-state index contributed by atoms with van der Waals surface area (Å²) in [5.74, 6) is -0.610. The van der Waals surface area contributed by atoms with E-state index in [-0.39, 0.29) is 11.5 Å². The smallest absolute Gasteiger partial charge is 0.340 e. The molecule has 156 valence electrons. The zero-order valence-electron chi connectivity index (χ0n) is 17.1. The number of carbonyl (C=O) groups is 3. The van der Waals surface area contributed by atoms with Crippen molar-refractivity contribution >= 4 is 29.1 Å². The molecule has 1 aromatic carbocycles. The summed E-state index contributed by atoms with van der Waals surface area (Å²) < 4.78 is 6.76. The molecule has 2 aromatic heterocycles. The minimum Gasteiger partial charge on any atom is -0.452 e. The quantitative estimate of drug-likeness (QED) is 0.600. The minimum absolute atomic E-state index is 0.109. The molecule has 0 aliphatic heterocycles.